The van der Waals surface area contributed by atoms with Crippen molar-refractivity contribution < 1.29 is 27.5 Å². The van der Waals surface area contributed by atoms with E-state index in [0.717, 1.165) is 18.2 Å². The molecule has 0 saturated carbocycles. The number of aromatic nitrogens is 1. The Hall–Kier alpha value is -3.76. The lowest BCUT2D eigenvalue weighted by atomic mass is 9.93. The van der Waals surface area contributed by atoms with Crippen LogP contribution in [0.2, 0.25) is 5.02 Å². The molecule has 0 spiro atoms. The maximum absolute atomic E-state index is 15.5. The smallest absolute Gasteiger partial charge is 0.260 e. The van der Waals surface area contributed by atoms with E-state index < -0.39 is 34.9 Å². The Balaban J connectivity index is 1.81. The lowest BCUT2D eigenvalue weighted by Gasteiger charge is -2.22. The van der Waals surface area contributed by atoms with Crippen molar-refractivity contribution in [2.75, 3.05) is 12.9 Å². The highest BCUT2D eigenvalue weighted by atomic mass is 35.5. The van der Waals surface area contributed by atoms with Gasteiger partial charge in [-0.25, -0.2) is 17.6 Å². The van der Waals surface area contributed by atoms with Crippen LogP contribution in [0.5, 0.6) is 5.75 Å². The summed E-state index contributed by atoms with van der Waals surface area (Å²) in [6.45, 7) is 1.59. The number of pyridine rings is 1. The Kier molecular flexibility index (Phi) is 7.65. The fourth-order valence-corrected chi connectivity index (χ4v) is 6.56. The fraction of sp³-hybridized carbons (Fsp3) is 0.172. The molecule has 2 heterocycles. The van der Waals surface area contributed by atoms with Crippen LogP contribution >= 0.6 is 23.4 Å². The van der Waals surface area contributed by atoms with Gasteiger partial charge in [0.1, 0.15) is 23.2 Å². The summed E-state index contributed by atoms with van der Waals surface area (Å²) in [5, 5.41) is 13.4. The predicted octanol–water partition coefficient (Wildman–Crippen LogP) is 7.16. The van der Waals surface area contributed by atoms with Crippen molar-refractivity contribution in [2.45, 2.75) is 24.4 Å². The van der Waals surface area contributed by atoms with Crippen LogP contribution in [-0.2, 0) is 6.42 Å². The zero-order valence-corrected chi connectivity index (χ0v) is 22.7. The Morgan fingerprint density at radius 3 is 2.38 bits per heavy atom. The number of fused-ring (bicyclic) bond motifs is 1. The number of nitrogens with zero attached hydrogens (tertiary/aromatic N) is 2. The van der Waals surface area contributed by atoms with Gasteiger partial charge in [0, 0.05) is 28.9 Å². The first-order chi connectivity index (χ1) is 19.2. The number of hydrogen-bond acceptors (Lipinski definition) is 5. The summed E-state index contributed by atoms with van der Waals surface area (Å²) in [5.74, 6) is -3.04. The molecule has 40 heavy (non-hydrogen) atoms. The fourth-order valence-electron chi connectivity index (χ4n) is 4.97. The zero-order chi connectivity index (χ0) is 28.7. The standard InChI is InChI=1S/C29H21ClF4N2O3S/c1-14-17(12-18-19(31)8-5-9-20(18)32)29-36(28(37)24(14)15-6-4-11-23(39-2)26(15)34)22(13-40-29)27(35-38)16-7-3-10-21(33)25(16)30/h3-11,22,38H,12-13H2,1-2H3/b35-27-. The van der Waals surface area contributed by atoms with Gasteiger partial charge in [0.05, 0.1) is 28.8 Å². The van der Waals surface area contributed by atoms with Gasteiger partial charge in [-0.2, -0.15) is 0 Å². The van der Waals surface area contributed by atoms with E-state index in [1.807, 2.05) is 0 Å². The first kappa shape index (κ1) is 27.8. The highest BCUT2D eigenvalue weighted by Gasteiger charge is 2.36. The highest BCUT2D eigenvalue weighted by molar-refractivity contribution is 7.99. The van der Waals surface area contributed by atoms with Crippen LogP contribution in [0.4, 0.5) is 17.6 Å². The third-order valence-corrected chi connectivity index (χ3v) is 8.53. The minimum absolute atomic E-state index is 0.0537. The maximum atomic E-state index is 15.5. The molecule has 0 saturated heterocycles. The third-order valence-electron chi connectivity index (χ3n) is 6.95. The number of halogens is 5. The van der Waals surface area contributed by atoms with Crippen molar-refractivity contribution in [1.29, 1.82) is 0 Å². The summed E-state index contributed by atoms with van der Waals surface area (Å²) in [6.07, 6.45) is -0.245. The second kappa shape index (κ2) is 11.0. The second-order valence-electron chi connectivity index (χ2n) is 9.07. The average molecular weight is 589 g/mol. The van der Waals surface area contributed by atoms with E-state index >= 15 is 4.39 Å². The van der Waals surface area contributed by atoms with Crippen molar-refractivity contribution in [3.05, 3.63) is 115 Å². The van der Waals surface area contributed by atoms with Crippen LogP contribution in [0.1, 0.15) is 28.3 Å². The van der Waals surface area contributed by atoms with E-state index in [1.165, 1.54) is 59.8 Å². The van der Waals surface area contributed by atoms with Gasteiger partial charge < -0.3 is 9.94 Å². The summed E-state index contributed by atoms with van der Waals surface area (Å²) >= 11 is 7.38. The van der Waals surface area contributed by atoms with Crippen LogP contribution in [0.25, 0.3) is 11.1 Å². The van der Waals surface area contributed by atoms with Crippen LogP contribution < -0.4 is 10.3 Å². The number of thioether (sulfide) groups is 1. The van der Waals surface area contributed by atoms with Gasteiger partial charge in [-0.1, -0.05) is 47.1 Å². The van der Waals surface area contributed by atoms with E-state index in [2.05, 4.69) is 5.16 Å². The van der Waals surface area contributed by atoms with E-state index in [0.29, 0.717) is 16.2 Å². The molecule has 1 N–H and O–H groups in total. The minimum atomic E-state index is -0.964. The van der Waals surface area contributed by atoms with Crippen molar-refractivity contribution in [2.24, 2.45) is 5.16 Å². The van der Waals surface area contributed by atoms with Gasteiger partial charge in [0.2, 0.25) is 0 Å². The van der Waals surface area contributed by atoms with Gasteiger partial charge in [-0.05, 0) is 42.3 Å². The van der Waals surface area contributed by atoms with Crippen molar-refractivity contribution in [1.82, 2.24) is 4.57 Å². The molecule has 0 radical (unpaired) electrons. The molecule has 0 aliphatic carbocycles. The normalized spacial score (nSPS) is 14.9. The molecule has 5 rings (SSSR count). The molecule has 1 aromatic heterocycles. The first-order valence-electron chi connectivity index (χ1n) is 12.0. The lowest BCUT2D eigenvalue weighted by molar-refractivity contribution is 0.315. The van der Waals surface area contributed by atoms with Crippen LogP contribution in [0.15, 0.2) is 69.6 Å². The molecule has 5 nitrogen and oxygen atoms in total. The van der Waals surface area contributed by atoms with E-state index in [-0.39, 0.29) is 50.9 Å². The number of rotatable bonds is 6. The van der Waals surface area contributed by atoms with Crippen LogP contribution in [0, 0.1) is 30.2 Å². The monoisotopic (exact) mass is 588 g/mol. The summed E-state index contributed by atoms with van der Waals surface area (Å²) in [5.41, 5.74) is -0.316. The molecule has 206 valence electrons. The Bertz CT molecular complexity index is 1720. The minimum Gasteiger partial charge on any atom is -0.494 e. The largest absolute Gasteiger partial charge is 0.494 e. The maximum Gasteiger partial charge on any atom is 0.260 e. The molecular formula is C29H21ClF4N2O3S. The molecule has 1 aliphatic heterocycles. The van der Waals surface area contributed by atoms with E-state index in [1.54, 1.807) is 6.92 Å². The van der Waals surface area contributed by atoms with Crippen LogP contribution in [0.3, 0.4) is 0 Å². The summed E-state index contributed by atoms with van der Waals surface area (Å²) < 4.78 is 65.7. The lowest BCUT2D eigenvalue weighted by Crippen LogP contribution is -2.32. The summed E-state index contributed by atoms with van der Waals surface area (Å²) in [7, 11) is 1.29. The molecule has 1 atom stereocenters. The quantitative estimate of drug-likeness (QED) is 0.112. The van der Waals surface area contributed by atoms with E-state index in [9.17, 15) is 23.2 Å². The van der Waals surface area contributed by atoms with Crippen molar-refractivity contribution in [3.8, 4) is 16.9 Å². The van der Waals surface area contributed by atoms with Gasteiger partial charge in [-0.15, -0.1) is 11.8 Å². The Labute approximate surface area is 235 Å². The van der Waals surface area contributed by atoms with Gasteiger partial charge in [-0.3, -0.25) is 9.36 Å². The first-order valence-corrected chi connectivity index (χ1v) is 13.4. The Morgan fingerprint density at radius 1 is 1.05 bits per heavy atom. The summed E-state index contributed by atoms with van der Waals surface area (Å²) in [4.78, 5) is 14.1. The molecule has 3 aromatic carbocycles. The molecule has 1 unspecified atom stereocenters. The number of ether oxygens (including phenoxy) is 1. The Morgan fingerprint density at radius 2 is 1.70 bits per heavy atom. The van der Waals surface area contributed by atoms with Crippen molar-refractivity contribution >= 4 is 29.1 Å². The van der Waals surface area contributed by atoms with Crippen LogP contribution in [-0.4, -0.2) is 28.3 Å². The average Bonchev–Trinajstić information content (AvgIpc) is 3.37. The SMILES string of the molecule is COc1cccc(-c2c(C)c(Cc3c(F)cccc3F)c3n(c2=O)C(/C(=N\O)c2cccc(F)c2Cl)CS3)c1F. The van der Waals surface area contributed by atoms with Gasteiger partial charge in [0.15, 0.2) is 11.6 Å². The molecule has 0 fully saturated rings. The number of hydrogen-bond donors (Lipinski definition) is 1. The number of oxime groups is 1. The van der Waals surface area contributed by atoms with Gasteiger partial charge >= 0.3 is 0 Å². The zero-order valence-electron chi connectivity index (χ0n) is 21.1. The highest BCUT2D eigenvalue weighted by Crippen LogP contribution is 2.42. The molecular weight excluding hydrogens is 568 g/mol. The molecule has 11 heteroatoms. The van der Waals surface area contributed by atoms with Crippen molar-refractivity contribution in [3.63, 3.8) is 0 Å². The topological polar surface area (TPSA) is 63.8 Å². The number of methoxy groups -OCH3 is 1. The van der Waals surface area contributed by atoms with E-state index in [4.69, 9.17) is 16.3 Å². The summed E-state index contributed by atoms with van der Waals surface area (Å²) in [6, 6.07) is 10.8. The predicted molar refractivity (Wildman–Crippen MR) is 146 cm³/mol. The molecule has 0 amide bonds. The molecule has 4 aromatic rings. The second-order valence-corrected chi connectivity index (χ2v) is 10.5. The molecule has 1 aliphatic rings. The number of benzene rings is 3. The molecule has 0 bridgehead atoms. The van der Waals surface area contributed by atoms with Gasteiger partial charge in [0.25, 0.3) is 5.56 Å². The third kappa shape index (κ3) is 4.54.